The van der Waals surface area contributed by atoms with E-state index in [0.29, 0.717) is 16.3 Å². The van der Waals surface area contributed by atoms with Gasteiger partial charge in [-0.3, -0.25) is 5.10 Å². The normalized spacial score (nSPS) is 10.4. The van der Waals surface area contributed by atoms with Crippen LogP contribution in [0.2, 0.25) is 0 Å². The summed E-state index contributed by atoms with van der Waals surface area (Å²) >= 11 is 4.94. The maximum Gasteiger partial charge on any atom is 0.195 e. The molecule has 0 saturated carbocycles. The van der Waals surface area contributed by atoms with E-state index < -0.39 is 0 Å². The molecule has 0 aromatic carbocycles. The van der Waals surface area contributed by atoms with E-state index in [1.807, 2.05) is 0 Å². The third kappa shape index (κ3) is 1.44. The molecule has 0 aliphatic carbocycles. The number of aromatic amines is 1. The van der Waals surface area contributed by atoms with E-state index in [-0.39, 0.29) is 5.82 Å². The van der Waals surface area contributed by atoms with Crippen LogP contribution >= 0.6 is 12.2 Å². The molecule has 0 atom stereocenters. The highest BCUT2D eigenvalue weighted by atomic mass is 32.1. The second kappa shape index (κ2) is 3.30. The van der Waals surface area contributed by atoms with Gasteiger partial charge in [0.1, 0.15) is 11.5 Å². The number of pyridine rings is 1. The first-order valence-corrected chi connectivity index (χ1v) is 4.32. The third-order valence-corrected chi connectivity index (χ3v) is 2.20. The number of nitrogens with zero attached hydrogens (tertiary/aromatic N) is 3. The fraction of sp³-hybridized carbons (Fsp3) is 0.125. The van der Waals surface area contributed by atoms with E-state index in [4.69, 9.17) is 12.2 Å². The number of hydrogen-bond donors (Lipinski definition) is 1. The lowest BCUT2D eigenvalue weighted by Crippen LogP contribution is -1.94. The molecule has 72 valence electrons. The van der Waals surface area contributed by atoms with Crippen molar-refractivity contribution in [3.8, 4) is 11.5 Å². The molecule has 0 aliphatic rings. The Morgan fingerprint density at radius 3 is 2.79 bits per heavy atom. The summed E-state index contributed by atoms with van der Waals surface area (Å²) in [6.45, 7) is 0. The van der Waals surface area contributed by atoms with Crippen molar-refractivity contribution in [2.24, 2.45) is 7.05 Å². The lowest BCUT2D eigenvalue weighted by molar-refractivity contribution is 0.621. The van der Waals surface area contributed by atoms with Crippen molar-refractivity contribution in [1.29, 1.82) is 0 Å². The molecule has 0 saturated heterocycles. The minimum Gasteiger partial charge on any atom is -0.302 e. The topological polar surface area (TPSA) is 46.5 Å². The van der Waals surface area contributed by atoms with E-state index in [9.17, 15) is 4.39 Å². The molecule has 6 heteroatoms. The summed E-state index contributed by atoms with van der Waals surface area (Å²) in [5, 5.41) is 6.61. The summed E-state index contributed by atoms with van der Waals surface area (Å²) in [6, 6.07) is 2.89. The Bertz CT molecular complexity index is 499. The van der Waals surface area contributed by atoms with Gasteiger partial charge in [0.25, 0.3) is 0 Å². The zero-order valence-corrected chi connectivity index (χ0v) is 8.18. The molecule has 2 aromatic rings. The maximum atomic E-state index is 12.6. The minimum atomic E-state index is -0.370. The molecule has 4 nitrogen and oxygen atoms in total. The van der Waals surface area contributed by atoms with Crippen LogP contribution in [0.1, 0.15) is 0 Å². The van der Waals surface area contributed by atoms with E-state index in [1.165, 1.54) is 6.07 Å². The Balaban J connectivity index is 2.55. The monoisotopic (exact) mass is 210 g/mol. The van der Waals surface area contributed by atoms with Gasteiger partial charge in [-0.15, -0.1) is 0 Å². The van der Waals surface area contributed by atoms with Crippen LogP contribution in [0.5, 0.6) is 0 Å². The van der Waals surface area contributed by atoms with Crippen molar-refractivity contribution >= 4 is 12.2 Å². The summed E-state index contributed by atoms with van der Waals surface area (Å²) < 4.78 is 14.8. The van der Waals surface area contributed by atoms with E-state index in [0.717, 1.165) is 6.20 Å². The van der Waals surface area contributed by atoms with Crippen molar-refractivity contribution in [3.63, 3.8) is 0 Å². The first-order valence-electron chi connectivity index (χ1n) is 3.92. The Kier molecular flexibility index (Phi) is 2.12. The minimum absolute atomic E-state index is 0.370. The van der Waals surface area contributed by atoms with Crippen LogP contribution in [-0.2, 0) is 7.05 Å². The van der Waals surface area contributed by atoms with Crippen LogP contribution in [0.25, 0.3) is 11.5 Å². The molecular formula is C8H7FN4S. The molecule has 2 aromatic heterocycles. The zero-order valence-electron chi connectivity index (χ0n) is 7.36. The predicted molar refractivity (Wildman–Crippen MR) is 51.6 cm³/mol. The molecule has 0 aliphatic heterocycles. The van der Waals surface area contributed by atoms with E-state index >= 15 is 0 Å². The lowest BCUT2D eigenvalue weighted by atomic mass is 10.3. The van der Waals surface area contributed by atoms with Crippen molar-refractivity contribution in [2.45, 2.75) is 0 Å². The summed E-state index contributed by atoms with van der Waals surface area (Å²) in [6.07, 6.45) is 1.15. The highest BCUT2D eigenvalue weighted by Crippen LogP contribution is 2.12. The summed E-state index contributed by atoms with van der Waals surface area (Å²) in [5.74, 6) is 0.223. The van der Waals surface area contributed by atoms with Crippen molar-refractivity contribution in [1.82, 2.24) is 19.7 Å². The second-order valence-corrected chi connectivity index (χ2v) is 3.16. The van der Waals surface area contributed by atoms with E-state index in [1.54, 1.807) is 17.7 Å². The van der Waals surface area contributed by atoms with Gasteiger partial charge < -0.3 is 4.57 Å². The molecule has 2 rings (SSSR count). The van der Waals surface area contributed by atoms with Gasteiger partial charge in [-0.25, -0.2) is 9.37 Å². The second-order valence-electron chi connectivity index (χ2n) is 2.77. The molecule has 2 heterocycles. The van der Waals surface area contributed by atoms with Crippen LogP contribution in [0.4, 0.5) is 4.39 Å². The molecule has 14 heavy (non-hydrogen) atoms. The molecule has 0 spiro atoms. The van der Waals surface area contributed by atoms with Crippen LogP contribution in [0.15, 0.2) is 18.3 Å². The Morgan fingerprint density at radius 2 is 2.29 bits per heavy atom. The molecule has 0 bridgehead atoms. The molecule has 0 unspecified atom stereocenters. The standard InChI is InChI=1S/C8H7FN4S/c1-13-7(11-12-8(13)14)6-3-2-5(9)4-10-6/h2-4H,1H3,(H,12,14). The quantitative estimate of drug-likeness (QED) is 0.728. The average Bonchev–Trinajstić information content (AvgIpc) is 2.50. The van der Waals surface area contributed by atoms with Gasteiger partial charge in [0.2, 0.25) is 0 Å². The van der Waals surface area contributed by atoms with Gasteiger partial charge >= 0.3 is 0 Å². The summed E-state index contributed by atoms with van der Waals surface area (Å²) in [7, 11) is 1.77. The number of aromatic nitrogens is 4. The Labute approximate surface area is 84.4 Å². The number of halogens is 1. The van der Waals surface area contributed by atoms with Crippen molar-refractivity contribution in [2.75, 3.05) is 0 Å². The SMILES string of the molecule is Cn1c(-c2ccc(F)cn2)n[nH]c1=S. The van der Waals surface area contributed by atoms with Crippen LogP contribution in [-0.4, -0.2) is 19.7 Å². The fourth-order valence-corrected chi connectivity index (χ4v) is 1.22. The number of H-pyrrole nitrogens is 1. The lowest BCUT2D eigenvalue weighted by Gasteiger charge is -1.98. The van der Waals surface area contributed by atoms with Crippen molar-refractivity contribution in [3.05, 3.63) is 28.9 Å². The summed E-state index contributed by atoms with van der Waals surface area (Å²) in [5.41, 5.74) is 0.584. The van der Waals surface area contributed by atoms with Crippen molar-refractivity contribution < 1.29 is 4.39 Å². The number of nitrogens with one attached hydrogen (secondary N) is 1. The summed E-state index contributed by atoms with van der Waals surface area (Å²) in [4.78, 5) is 3.90. The Hall–Kier alpha value is -1.56. The highest BCUT2D eigenvalue weighted by Gasteiger charge is 2.06. The molecule has 0 fully saturated rings. The highest BCUT2D eigenvalue weighted by molar-refractivity contribution is 7.71. The van der Waals surface area contributed by atoms with Gasteiger partial charge in [0, 0.05) is 7.05 Å². The van der Waals surface area contributed by atoms with Crippen LogP contribution < -0.4 is 0 Å². The predicted octanol–water partition coefficient (Wildman–Crippen LogP) is 1.68. The van der Waals surface area contributed by atoms with Gasteiger partial charge in [0.05, 0.1) is 6.20 Å². The number of hydrogen-bond acceptors (Lipinski definition) is 3. The molecule has 0 amide bonds. The van der Waals surface area contributed by atoms with Crippen LogP contribution in [0, 0.1) is 10.6 Å². The average molecular weight is 210 g/mol. The fourth-order valence-electron chi connectivity index (χ4n) is 1.08. The van der Waals surface area contributed by atoms with Crippen LogP contribution in [0.3, 0.4) is 0 Å². The number of rotatable bonds is 1. The third-order valence-electron chi connectivity index (χ3n) is 1.84. The van der Waals surface area contributed by atoms with Gasteiger partial charge in [-0.1, -0.05) is 0 Å². The molecular weight excluding hydrogens is 203 g/mol. The first kappa shape index (κ1) is 9.01. The van der Waals surface area contributed by atoms with Gasteiger partial charge in [-0.2, -0.15) is 5.10 Å². The Morgan fingerprint density at radius 1 is 1.50 bits per heavy atom. The molecule has 1 N–H and O–H groups in total. The largest absolute Gasteiger partial charge is 0.302 e. The first-order chi connectivity index (χ1) is 6.68. The zero-order chi connectivity index (χ0) is 10.1. The van der Waals surface area contributed by atoms with E-state index in [2.05, 4.69) is 15.2 Å². The van der Waals surface area contributed by atoms with Gasteiger partial charge in [-0.05, 0) is 24.4 Å². The maximum absolute atomic E-state index is 12.6. The van der Waals surface area contributed by atoms with Gasteiger partial charge in [0.15, 0.2) is 10.6 Å². The smallest absolute Gasteiger partial charge is 0.195 e. The molecule has 0 radical (unpaired) electrons.